The topological polar surface area (TPSA) is 54.4 Å². The van der Waals surface area contributed by atoms with Gasteiger partial charge in [0.1, 0.15) is 0 Å². The van der Waals surface area contributed by atoms with Crippen LogP contribution in [-0.4, -0.2) is 16.9 Å². The van der Waals surface area contributed by atoms with Crippen LogP contribution in [0.2, 0.25) is 10.0 Å². The molecule has 2 aromatic rings. The average molecular weight is 323 g/mol. The van der Waals surface area contributed by atoms with Crippen LogP contribution in [0.15, 0.2) is 48.5 Å². The fourth-order valence-electron chi connectivity index (χ4n) is 2.04. The smallest absolute Gasteiger partial charge is 0.311 e. The van der Waals surface area contributed by atoms with Gasteiger partial charge >= 0.3 is 5.97 Å². The van der Waals surface area contributed by atoms with Crippen LogP contribution in [-0.2, 0) is 4.79 Å². The second-order valence-corrected chi connectivity index (χ2v) is 5.40. The minimum absolute atomic E-state index is 0.152. The summed E-state index contributed by atoms with van der Waals surface area (Å²) in [6.45, 7) is 0. The summed E-state index contributed by atoms with van der Waals surface area (Å²) in [5, 5.41) is 9.98. The Balaban J connectivity index is 2.25. The maximum atomic E-state index is 12.3. The van der Waals surface area contributed by atoms with Gasteiger partial charge in [-0.15, -0.1) is 0 Å². The molecule has 0 fully saturated rings. The Bertz CT molecular complexity index is 668. The van der Waals surface area contributed by atoms with Crippen molar-refractivity contribution in [2.75, 3.05) is 0 Å². The van der Waals surface area contributed by atoms with Crippen molar-refractivity contribution in [3.05, 3.63) is 69.7 Å². The quantitative estimate of drug-likeness (QED) is 0.828. The molecule has 1 atom stereocenters. The molecule has 0 saturated carbocycles. The molecule has 21 heavy (non-hydrogen) atoms. The van der Waals surface area contributed by atoms with E-state index in [2.05, 4.69) is 0 Å². The van der Waals surface area contributed by atoms with Crippen LogP contribution < -0.4 is 0 Å². The maximum Gasteiger partial charge on any atom is 0.311 e. The average Bonchev–Trinajstić information content (AvgIpc) is 2.45. The van der Waals surface area contributed by atoms with Crippen molar-refractivity contribution in [1.29, 1.82) is 0 Å². The Morgan fingerprint density at radius 3 is 2.29 bits per heavy atom. The van der Waals surface area contributed by atoms with Gasteiger partial charge in [0.05, 0.1) is 10.9 Å². The highest BCUT2D eigenvalue weighted by molar-refractivity contribution is 6.36. The lowest BCUT2D eigenvalue weighted by molar-refractivity contribution is -0.138. The van der Waals surface area contributed by atoms with Crippen LogP contribution >= 0.6 is 23.2 Å². The predicted octanol–water partition coefficient (Wildman–Crippen LogP) is 4.43. The van der Waals surface area contributed by atoms with Gasteiger partial charge in [0.2, 0.25) is 0 Å². The summed E-state index contributed by atoms with van der Waals surface area (Å²) < 4.78 is 0. The number of halogens is 2. The molecule has 3 nitrogen and oxygen atoms in total. The first-order valence-corrected chi connectivity index (χ1v) is 7.00. The zero-order valence-corrected chi connectivity index (χ0v) is 12.4. The summed E-state index contributed by atoms with van der Waals surface area (Å²) in [4.78, 5) is 23.7. The normalized spacial score (nSPS) is 11.9. The van der Waals surface area contributed by atoms with Crippen molar-refractivity contribution in [1.82, 2.24) is 0 Å². The number of carbonyl (C=O) groups excluding carboxylic acids is 1. The van der Waals surface area contributed by atoms with Crippen LogP contribution in [0.5, 0.6) is 0 Å². The summed E-state index contributed by atoms with van der Waals surface area (Å²) in [5.41, 5.74) is 0.867. The Kier molecular flexibility index (Phi) is 4.99. The first-order valence-electron chi connectivity index (χ1n) is 6.25. The van der Waals surface area contributed by atoms with Crippen LogP contribution in [0.4, 0.5) is 0 Å². The van der Waals surface area contributed by atoms with Crippen molar-refractivity contribution < 1.29 is 14.7 Å². The Labute approximate surface area is 132 Å². The molecule has 2 rings (SSSR count). The number of carbonyl (C=O) groups is 2. The molecule has 2 aromatic carbocycles. The minimum atomic E-state index is -1.04. The van der Waals surface area contributed by atoms with E-state index in [9.17, 15) is 14.7 Å². The third-order valence-electron chi connectivity index (χ3n) is 3.12. The highest BCUT2D eigenvalue weighted by Gasteiger charge is 2.24. The zero-order chi connectivity index (χ0) is 15.4. The molecule has 0 heterocycles. The largest absolute Gasteiger partial charge is 0.481 e. The first-order chi connectivity index (χ1) is 9.99. The van der Waals surface area contributed by atoms with Gasteiger partial charge in [-0.1, -0.05) is 53.5 Å². The number of hydrogen-bond donors (Lipinski definition) is 1. The van der Waals surface area contributed by atoms with Gasteiger partial charge in [-0.2, -0.15) is 0 Å². The molecule has 0 aromatic heterocycles. The lowest BCUT2D eigenvalue weighted by Crippen LogP contribution is -2.16. The van der Waals surface area contributed by atoms with E-state index in [4.69, 9.17) is 23.2 Å². The van der Waals surface area contributed by atoms with Crippen molar-refractivity contribution in [2.24, 2.45) is 0 Å². The monoisotopic (exact) mass is 322 g/mol. The van der Waals surface area contributed by atoms with E-state index >= 15 is 0 Å². The van der Waals surface area contributed by atoms with Crippen molar-refractivity contribution in [3.8, 4) is 0 Å². The molecule has 1 unspecified atom stereocenters. The summed E-state index contributed by atoms with van der Waals surface area (Å²) in [6, 6.07) is 13.2. The van der Waals surface area contributed by atoms with Gasteiger partial charge < -0.3 is 5.11 Å². The standard InChI is InChI=1S/C16H12Cl2O3/c17-11-6-7-12(14(18)8-11)15(19)9-13(16(20)21)10-4-2-1-3-5-10/h1-8,13H,9H2,(H,20,21). The Morgan fingerprint density at radius 1 is 1.05 bits per heavy atom. The fraction of sp³-hybridized carbons (Fsp3) is 0.125. The first kappa shape index (κ1) is 15.5. The summed E-state index contributed by atoms with van der Waals surface area (Å²) in [7, 11) is 0. The molecule has 0 amide bonds. The highest BCUT2D eigenvalue weighted by atomic mass is 35.5. The number of carboxylic acid groups (broad SMARTS) is 1. The van der Waals surface area contributed by atoms with Gasteiger partial charge in [-0.3, -0.25) is 9.59 Å². The van der Waals surface area contributed by atoms with Crippen LogP contribution in [0.3, 0.4) is 0 Å². The van der Waals surface area contributed by atoms with E-state index in [0.29, 0.717) is 10.6 Å². The van der Waals surface area contributed by atoms with Crippen molar-refractivity contribution >= 4 is 35.0 Å². The minimum Gasteiger partial charge on any atom is -0.481 e. The van der Waals surface area contributed by atoms with Gasteiger partial charge in [0, 0.05) is 17.0 Å². The van der Waals surface area contributed by atoms with E-state index in [0.717, 1.165) is 0 Å². The number of aliphatic carboxylic acids is 1. The molecule has 0 spiro atoms. The third-order valence-corrected chi connectivity index (χ3v) is 3.67. The summed E-state index contributed by atoms with van der Waals surface area (Å²) in [6.07, 6.45) is -0.152. The summed E-state index contributed by atoms with van der Waals surface area (Å²) >= 11 is 11.8. The molecule has 0 radical (unpaired) electrons. The lowest BCUT2D eigenvalue weighted by atomic mass is 9.91. The number of Topliss-reactive ketones (excluding diaryl/α,β-unsaturated/α-hetero) is 1. The van der Waals surface area contributed by atoms with Crippen LogP contribution in [0.25, 0.3) is 0 Å². The maximum absolute atomic E-state index is 12.3. The van der Waals surface area contributed by atoms with E-state index in [-0.39, 0.29) is 22.8 Å². The molecule has 0 aliphatic carbocycles. The predicted molar refractivity (Wildman–Crippen MR) is 82.2 cm³/mol. The molecule has 5 heteroatoms. The second-order valence-electron chi connectivity index (χ2n) is 4.55. The van der Waals surface area contributed by atoms with E-state index in [1.165, 1.54) is 12.1 Å². The highest BCUT2D eigenvalue weighted by Crippen LogP contribution is 2.26. The SMILES string of the molecule is O=C(CC(C(=O)O)c1ccccc1)c1ccc(Cl)cc1Cl. The number of ketones is 1. The molecule has 1 N–H and O–H groups in total. The molecule has 0 bridgehead atoms. The zero-order valence-electron chi connectivity index (χ0n) is 10.9. The van der Waals surface area contributed by atoms with Crippen molar-refractivity contribution in [3.63, 3.8) is 0 Å². The Hall–Kier alpha value is -1.84. The van der Waals surface area contributed by atoms with Crippen LogP contribution in [0.1, 0.15) is 28.3 Å². The van der Waals surface area contributed by atoms with Gasteiger partial charge in [0.25, 0.3) is 0 Å². The third kappa shape index (κ3) is 3.84. The molecule has 0 aliphatic heterocycles. The van der Waals surface area contributed by atoms with E-state index in [1.54, 1.807) is 36.4 Å². The van der Waals surface area contributed by atoms with Gasteiger partial charge in [0.15, 0.2) is 5.78 Å². The molecule has 0 aliphatic rings. The molecular weight excluding hydrogens is 311 g/mol. The number of benzene rings is 2. The fourth-order valence-corrected chi connectivity index (χ4v) is 2.56. The van der Waals surface area contributed by atoms with Gasteiger partial charge in [-0.05, 0) is 23.8 Å². The lowest BCUT2D eigenvalue weighted by Gasteiger charge is -2.12. The van der Waals surface area contributed by atoms with E-state index < -0.39 is 11.9 Å². The number of carboxylic acids is 1. The molecule has 108 valence electrons. The molecular formula is C16H12Cl2O3. The van der Waals surface area contributed by atoms with Crippen LogP contribution in [0, 0.1) is 0 Å². The second kappa shape index (κ2) is 6.74. The number of rotatable bonds is 5. The Morgan fingerprint density at radius 2 is 1.71 bits per heavy atom. The van der Waals surface area contributed by atoms with Gasteiger partial charge in [-0.25, -0.2) is 0 Å². The van der Waals surface area contributed by atoms with E-state index in [1.807, 2.05) is 0 Å². The number of hydrogen-bond acceptors (Lipinski definition) is 2. The van der Waals surface area contributed by atoms with Crippen molar-refractivity contribution in [2.45, 2.75) is 12.3 Å². The summed E-state index contributed by atoms with van der Waals surface area (Å²) in [5.74, 6) is -2.27. The molecule has 0 saturated heterocycles.